The summed E-state index contributed by atoms with van der Waals surface area (Å²) < 4.78 is 6.37. The zero-order valence-electron chi connectivity index (χ0n) is 11.7. The highest BCUT2D eigenvalue weighted by molar-refractivity contribution is 9.10. The van der Waals surface area contributed by atoms with Crippen molar-refractivity contribution in [3.63, 3.8) is 0 Å². The Balaban J connectivity index is 1.68. The number of methoxy groups -OCH3 is 1. The molecule has 2 aromatic carbocycles. The van der Waals surface area contributed by atoms with E-state index < -0.39 is 0 Å². The number of rotatable bonds is 7. The van der Waals surface area contributed by atoms with Crippen LogP contribution in [0.3, 0.4) is 0 Å². The van der Waals surface area contributed by atoms with Crippen LogP contribution < -0.4 is 10.1 Å². The van der Waals surface area contributed by atoms with Gasteiger partial charge in [0.15, 0.2) is 0 Å². The molecule has 0 saturated heterocycles. The summed E-state index contributed by atoms with van der Waals surface area (Å²) in [4.78, 5) is 0. The van der Waals surface area contributed by atoms with Gasteiger partial charge in [0, 0.05) is 4.47 Å². The molecule has 0 spiro atoms. The third kappa shape index (κ3) is 4.99. The van der Waals surface area contributed by atoms with Crippen molar-refractivity contribution >= 4 is 15.9 Å². The SMILES string of the molecule is COc1cccc(CCNCCc2cccc(Br)c2)c1. The Labute approximate surface area is 129 Å². The zero-order chi connectivity index (χ0) is 14.2. The molecular formula is C17H20BrNO. The average Bonchev–Trinajstić information content (AvgIpc) is 2.47. The van der Waals surface area contributed by atoms with E-state index in [1.807, 2.05) is 12.1 Å². The standard InChI is InChI=1S/C17H20BrNO/c1-20-17-7-3-5-15(13-17)9-11-19-10-8-14-4-2-6-16(18)12-14/h2-7,12-13,19H,8-11H2,1H3. The summed E-state index contributed by atoms with van der Waals surface area (Å²) in [5, 5.41) is 3.48. The van der Waals surface area contributed by atoms with E-state index in [1.165, 1.54) is 11.1 Å². The summed E-state index contributed by atoms with van der Waals surface area (Å²) in [6.07, 6.45) is 2.08. The van der Waals surface area contributed by atoms with Crippen LogP contribution in [0.1, 0.15) is 11.1 Å². The Morgan fingerprint density at radius 1 is 0.950 bits per heavy atom. The van der Waals surface area contributed by atoms with Crippen LogP contribution in [0.15, 0.2) is 53.0 Å². The number of nitrogens with one attached hydrogen (secondary N) is 1. The summed E-state index contributed by atoms with van der Waals surface area (Å²) in [6, 6.07) is 16.7. The zero-order valence-corrected chi connectivity index (χ0v) is 13.3. The molecule has 2 nitrogen and oxygen atoms in total. The van der Waals surface area contributed by atoms with Crippen molar-refractivity contribution in [1.82, 2.24) is 5.32 Å². The van der Waals surface area contributed by atoms with Gasteiger partial charge in [-0.05, 0) is 61.3 Å². The van der Waals surface area contributed by atoms with Crippen LogP contribution in [0.5, 0.6) is 5.75 Å². The fourth-order valence-electron chi connectivity index (χ4n) is 2.11. The molecule has 0 heterocycles. The normalized spacial score (nSPS) is 10.5. The first-order valence-electron chi connectivity index (χ1n) is 6.86. The molecule has 2 aromatic rings. The Morgan fingerprint density at radius 2 is 1.60 bits per heavy atom. The van der Waals surface area contributed by atoms with Gasteiger partial charge < -0.3 is 10.1 Å². The van der Waals surface area contributed by atoms with Gasteiger partial charge in [0.05, 0.1) is 7.11 Å². The molecule has 0 saturated carbocycles. The van der Waals surface area contributed by atoms with Crippen molar-refractivity contribution in [2.45, 2.75) is 12.8 Å². The molecule has 0 aliphatic carbocycles. The number of ether oxygens (including phenoxy) is 1. The lowest BCUT2D eigenvalue weighted by atomic mass is 10.1. The van der Waals surface area contributed by atoms with Crippen molar-refractivity contribution in [1.29, 1.82) is 0 Å². The molecular weight excluding hydrogens is 314 g/mol. The molecule has 0 aliphatic heterocycles. The first-order chi connectivity index (χ1) is 9.78. The van der Waals surface area contributed by atoms with Gasteiger partial charge in [-0.15, -0.1) is 0 Å². The molecule has 2 rings (SSSR count). The van der Waals surface area contributed by atoms with E-state index in [0.29, 0.717) is 0 Å². The molecule has 0 radical (unpaired) electrons. The predicted molar refractivity (Wildman–Crippen MR) is 87.4 cm³/mol. The number of halogens is 1. The molecule has 0 bridgehead atoms. The maximum Gasteiger partial charge on any atom is 0.119 e. The van der Waals surface area contributed by atoms with Crippen LogP contribution in [0, 0.1) is 0 Å². The lowest BCUT2D eigenvalue weighted by molar-refractivity contribution is 0.414. The van der Waals surface area contributed by atoms with Gasteiger partial charge in [0.1, 0.15) is 5.75 Å². The molecule has 0 aliphatic rings. The lowest BCUT2D eigenvalue weighted by Crippen LogP contribution is -2.20. The van der Waals surface area contributed by atoms with E-state index in [4.69, 9.17) is 4.74 Å². The van der Waals surface area contributed by atoms with Crippen molar-refractivity contribution in [3.05, 3.63) is 64.1 Å². The van der Waals surface area contributed by atoms with Crippen molar-refractivity contribution in [2.75, 3.05) is 20.2 Å². The molecule has 0 atom stereocenters. The fraction of sp³-hybridized carbons (Fsp3) is 0.294. The quantitative estimate of drug-likeness (QED) is 0.777. The minimum atomic E-state index is 0.927. The Bertz CT molecular complexity index is 542. The van der Waals surface area contributed by atoms with Gasteiger partial charge in [-0.25, -0.2) is 0 Å². The highest BCUT2D eigenvalue weighted by Crippen LogP contribution is 2.13. The van der Waals surface area contributed by atoms with Crippen LogP contribution in [0.4, 0.5) is 0 Å². The average molecular weight is 334 g/mol. The molecule has 0 fully saturated rings. The third-order valence-corrected chi connectivity index (χ3v) is 3.70. The van der Waals surface area contributed by atoms with Crippen LogP contribution in [-0.4, -0.2) is 20.2 Å². The third-order valence-electron chi connectivity index (χ3n) is 3.20. The summed E-state index contributed by atoms with van der Waals surface area (Å²) in [5.74, 6) is 0.927. The van der Waals surface area contributed by atoms with Crippen molar-refractivity contribution in [3.8, 4) is 5.75 Å². The predicted octanol–water partition coefficient (Wildman–Crippen LogP) is 3.83. The Morgan fingerprint density at radius 3 is 2.25 bits per heavy atom. The van der Waals surface area contributed by atoms with Gasteiger partial charge in [0.25, 0.3) is 0 Å². The van der Waals surface area contributed by atoms with E-state index >= 15 is 0 Å². The van der Waals surface area contributed by atoms with Crippen LogP contribution in [0.25, 0.3) is 0 Å². The van der Waals surface area contributed by atoms with E-state index in [0.717, 1.165) is 36.2 Å². The summed E-state index contributed by atoms with van der Waals surface area (Å²) in [6.45, 7) is 1.99. The highest BCUT2D eigenvalue weighted by Gasteiger charge is 1.97. The minimum absolute atomic E-state index is 0.927. The molecule has 0 aromatic heterocycles. The molecule has 106 valence electrons. The highest BCUT2D eigenvalue weighted by atomic mass is 79.9. The maximum atomic E-state index is 5.23. The van der Waals surface area contributed by atoms with E-state index in [1.54, 1.807) is 7.11 Å². The van der Waals surface area contributed by atoms with Crippen LogP contribution in [0.2, 0.25) is 0 Å². The van der Waals surface area contributed by atoms with E-state index in [9.17, 15) is 0 Å². The summed E-state index contributed by atoms with van der Waals surface area (Å²) in [5.41, 5.74) is 2.66. The summed E-state index contributed by atoms with van der Waals surface area (Å²) >= 11 is 3.50. The first kappa shape index (κ1) is 15.1. The lowest BCUT2D eigenvalue weighted by Gasteiger charge is -2.07. The van der Waals surface area contributed by atoms with E-state index in [2.05, 4.69) is 57.6 Å². The van der Waals surface area contributed by atoms with Gasteiger partial charge in [-0.3, -0.25) is 0 Å². The second-order valence-electron chi connectivity index (χ2n) is 4.73. The van der Waals surface area contributed by atoms with Crippen molar-refractivity contribution in [2.24, 2.45) is 0 Å². The molecule has 0 amide bonds. The minimum Gasteiger partial charge on any atom is -0.497 e. The molecule has 1 N–H and O–H groups in total. The topological polar surface area (TPSA) is 21.3 Å². The Kier molecular flexibility index (Phi) is 6.09. The van der Waals surface area contributed by atoms with E-state index in [-0.39, 0.29) is 0 Å². The van der Waals surface area contributed by atoms with Gasteiger partial charge >= 0.3 is 0 Å². The number of hydrogen-bond donors (Lipinski definition) is 1. The molecule has 0 unspecified atom stereocenters. The second kappa shape index (κ2) is 8.08. The van der Waals surface area contributed by atoms with Crippen LogP contribution >= 0.6 is 15.9 Å². The number of benzene rings is 2. The summed E-state index contributed by atoms with van der Waals surface area (Å²) in [7, 11) is 1.70. The van der Waals surface area contributed by atoms with Crippen LogP contribution in [-0.2, 0) is 12.8 Å². The largest absolute Gasteiger partial charge is 0.497 e. The fourth-order valence-corrected chi connectivity index (χ4v) is 2.56. The van der Waals surface area contributed by atoms with Crippen molar-refractivity contribution < 1.29 is 4.74 Å². The Hall–Kier alpha value is -1.32. The maximum absolute atomic E-state index is 5.23. The smallest absolute Gasteiger partial charge is 0.119 e. The monoisotopic (exact) mass is 333 g/mol. The van der Waals surface area contributed by atoms with Gasteiger partial charge in [-0.2, -0.15) is 0 Å². The second-order valence-corrected chi connectivity index (χ2v) is 5.65. The van der Waals surface area contributed by atoms with Gasteiger partial charge in [-0.1, -0.05) is 40.2 Å². The molecule has 3 heteroatoms. The number of hydrogen-bond acceptors (Lipinski definition) is 2. The first-order valence-corrected chi connectivity index (χ1v) is 7.65. The van der Waals surface area contributed by atoms with Gasteiger partial charge in [0.2, 0.25) is 0 Å². The molecule has 20 heavy (non-hydrogen) atoms.